The molecule has 0 fully saturated rings. The van der Waals surface area contributed by atoms with Gasteiger partial charge in [0.1, 0.15) is 11.3 Å². The summed E-state index contributed by atoms with van der Waals surface area (Å²) in [5.74, 6) is 0.255. The van der Waals surface area contributed by atoms with Gasteiger partial charge in [-0.3, -0.25) is 0 Å². The van der Waals surface area contributed by atoms with Crippen LogP contribution in [0.4, 0.5) is 0 Å². The second kappa shape index (κ2) is 3.94. The van der Waals surface area contributed by atoms with Crippen molar-refractivity contribution in [1.29, 1.82) is 0 Å². The molecule has 0 N–H and O–H groups in total. The molecule has 3 heteroatoms. The van der Waals surface area contributed by atoms with Gasteiger partial charge in [0.25, 0.3) is 0 Å². The van der Waals surface area contributed by atoms with Crippen LogP contribution in [0.15, 0.2) is 48.5 Å². The highest BCUT2D eigenvalue weighted by molar-refractivity contribution is 5.94. The third-order valence-corrected chi connectivity index (χ3v) is 2.71. The molecule has 0 unspecified atom stereocenters. The van der Waals surface area contributed by atoms with Gasteiger partial charge in [0.15, 0.2) is 0 Å². The van der Waals surface area contributed by atoms with Crippen LogP contribution in [0.2, 0.25) is 0 Å². The van der Waals surface area contributed by atoms with E-state index in [0.29, 0.717) is 11.3 Å². The van der Waals surface area contributed by atoms with E-state index >= 15 is 0 Å². The number of fused-ring (bicyclic) bond motifs is 1. The lowest BCUT2D eigenvalue weighted by Gasteiger charge is -2.17. The summed E-state index contributed by atoms with van der Waals surface area (Å²) in [4.78, 5) is 11.6. The van der Waals surface area contributed by atoms with Gasteiger partial charge in [-0.1, -0.05) is 36.4 Å². The zero-order chi connectivity index (χ0) is 11.7. The van der Waals surface area contributed by atoms with Crippen molar-refractivity contribution in [2.75, 3.05) is 6.79 Å². The second-order valence-corrected chi connectivity index (χ2v) is 3.77. The Bertz CT molecular complexity index is 561. The monoisotopic (exact) mass is 226 g/mol. The summed E-state index contributed by atoms with van der Waals surface area (Å²) < 4.78 is 10.1. The first-order valence-electron chi connectivity index (χ1n) is 5.34. The van der Waals surface area contributed by atoms with Gasteiger partial charge in [-0.25, -0.2) is 4.79 Å². The summed E-state index contributed by atoms with van der Waals surface area (Å²) in [6.45, 7) is -0.00346. The Morgan fingerprint density at radius 2 is 1.71 bits per heavy atom. The average Bonchev–Trinajstić information content (AvgIpc) is 2.40. The predicted molar refractivity (Wildman–Crippen MR) is 62.8 cm³/mol. The largest absolute Gasteiger partial charge is 0.456 e. The van der Waals surface area contributed by atoms with E-state index in [-0.39, 0.29) is 12.8 Å². The fraction of sp³-hybridized carbons (Fsp3) is 0.0714. The third-order valence-electron chi connectivity index (χ3n) is 2.71. The molecule has 3 rings (SSSR count). The van der Waals surface area contributed by atoms with Gasteiger partial charge < -0.3 is 9.47 Å². The van der Waals surface area contributed by atoms with Gasteiger partial charge in [0, 0.05) is 0 Å². The van der Waals surface area contributed by atoms with Crippen molar-refractivity contribution >= 4 is 5.97 Å². The van der Waals surface area contributed by atoms with Crippen LogP contribution in [0, 0.1) is 0 Å². The maximum Gasteiger partial charge on any atom is 0.344 e. The van der Waals surface area contributed by atoms with Crippen molar-refractivity contribution in [1.82, 2.24) is 0 Å². The number of ether oxygens (including phenoxy) is 2. The van der Waals surface area contributed by atoms with Crippen LogP contribution in [-0.4, -0.2) is 12.8 Å². The van der Waals surface area contributed by atoms with Crippen molar-refractivity contribution in [2.45, 2.75) is 0 Å². The summed E-state index contributed by atoms with van der Waals surface area (Å²) in [6, 6.07) is 15.4. The van der Waals surface area contributed by atoms with Gasteiger partial charge in [-0.05, 0) is 23.3 Å². The molecule has 0 amide bonds. The molecule has 2 aromatic carbocycles. The Hall–Kier alpha value is -2.29. The lowest BCUT2D eigenvalue weighted by atomic mass is 10.0. The molecule has 1 heterocycles. The van der Waals surface area contributed by atoms with Crippen LogP contribution in [0.3, 0.4) is 0 Å². The lowest BCUT2D eigenvalue weighted by Crippen LogP contribution is -2.18. The second-order valence-electron chi connectivity index (χ2n) is 3.77. The number of hydrogen-bond donors (Lipinski definition) is 0. The lowest BCUT2D eigenvalue weighted by molar-refractivity contribution is 0.00493. The molecule has 0 atom stereocenters. The Balaban J connectivity index is 2.09. The van der Waals surface area contributed by atoms with E-state index < -0.39 is 0 Å². The molecule has 0 bridgehead atoms. The molecule has 84 valence electrons. The average molecular weight is 226 g/mol. The fourth-order valence-corrected chi connectivity index (χ4v) is 1.85. The predicted octanol–water partition coefficient (Wildman–Crippen LogP) is 2.86. The zero-order valence-electron chi connectivity index (χ0n) is 9.05. The number of esters is 1. The molecule has 0 saturated carbocycles. The van der Waals surface area contributed by atoms with Crippen molar-refractivity contribution in [2.24, 2.45) is 0 Å². The van der Waals surface area contributed by atoms with Gasteiger partial charge in [-0.2, -0.15) is 0 Å². The van der Waals surface area contributed by atoms with E-state index in [0.717, 1.165) is 11.1 Å². The van der Waals surface area contributed by atoms with E-state index in [2.05, 4.69) is 0 Å². The van der Waals surface area contributed by atoms with Crippen LogP contribution in [0.25, 0.3) is 11.1 Å². The van der Waals surface area contributed by atoms with Crippen LogP contribution in [0.1, 0.15) is 10.4 Å². The number of carbonyl (C=O) groups excluding carboxylic acids is 1. The topological polar surface area (TPSA) is 35.5 Å². The number of cyclic esters (lactones) is 1. The Labute approximate surface area is 98.6 Å². The molecule has 17 heavy (non-hydrogen) atoms. The first-order valence-corrected chi connectivity index (χ1v) is 5.34. The Morgan fingerprint density at radius 3 is 2.53 bits per heavy atom. The van der Waals surface area contributed by atoms with Crippen molar-refractivity contribution in [3.05, 3.63) is 54.1 Å². The molecule has 0 aliphatic carbocycles. The normalized spacial score (nSPS) is 13.5. The highest BCUT2D eigenvalue weighted by Gasteiger charge is 2.20. The molecule has 0 saturated heterocycles. The molecular formula is C14H10O3. The van der Waals surface area contributed by atoms with E-state index in [1.807, 2.05) is 36.4 Å². The van der Waals surface area contributed by atoms with Gasteiger partial charge >= 0.3 is 5.97 Å². The third kappa shape index (κ3) is 1.76. The molecule has 1 aliphatic heterocycles. The molecule has 3 nitrogen and oxygen atoms in total. The van der Waals surface area contributed by atoms with Crippen LogP contribution < -0.4 is 4.74 Å². The Morgan fingerprint density at radius 1 is 0.882 bits per heavy atom. The van der Waals surface area contributed by atoms with E-state index in [1.54, 1.807) is 12.1 Å². The molecular weight excluding hydrogens is 216 g/mol. The highest BCUT2D eigenvalue weighted by atomic mass is 16.7. The first kappa shape index (κ1) is 9.90. The molecule has 0 radical (unpaired) electrons. The highest BCUT2D eigenvalue weighted by Crippen LogP contribution is 2.29. The van der Waals surface area contributed by atoms with Crippen molar-refractivity contribution in [3.8, 4) is 16.9 Å². The van der Waals surface area contributed by atoms with E-state index in [4.69, 9.17) is 9.47 Å². The number of benzene rings is 2. The van der Waals surface area contributed by atoms with Gasteiger partial charge in [-0.15, -0.1) is 0 Å². The molecule has 0 aromatic heterocycles. The fourth-order valence-electron chi connectivity index (χ4n) is 1.85. The smallest absolute Gasteiger partial charge is 0.344 e. The summed E-state index contributed by atoms with van der Waals surface area (Å²) in [5, 5.41) is 0. The minimum atomic E-state index is -0.330. The first-order chi connectivity index (χ1) is 8.34. The van der Waals surface area contributed by atoms with Crippen LogP contribution in [0.5, 0.6) is 5.75 Å². The van der Waals surface area contributed by atoms with Gasteiger partial charge in [0.2, 0.25) is 6.79 Å². The zero-order valence-corrected chi connectivity index (χ0v) is 9.05. The van der Waals surface area contributed by atoms with E-state index in [1.165, 1.54) is 0 Å². The summed E-state index contributed by atoms with van der Waals surface area (Å²) in [6.07, 6.45) is 0. The molecule has 2 aromatic rings. The van der Waals surface area contributed by atoms with E-state index in [9.17, 15) is 4.79 Å². The summed E-state index contributed by atoms with van der Waals surface area (Å²) in [5.41, 5.74) is 2.53. The van der Waals surface area contributed by atoms with Crippen molar-refractivity contribution < 1.29 is 14.3 Å². The number of carbonyl (C=O) groups is 1. The molecule has 0 spiro atoms. The standard InChI is InChI=1S/C14H10O3/c15-14-12-8-11(10-4-2-1-3-5-10)6-7-13(12)16-9-17-14/h1-8H,9H2. The van der Waals surface area contributed by atoms with Crippen LogP contribution >= 0.6 is 0 Å². The number of hydrogen-bond acceptors (Lipinski definition) is 3. The number of rotatable bonds is 1. The van der Waals surface area contributed by atoms with Crippen molar-refractivity contribution in [3.63, 3.8) is 0 Å². The minimum Gasteiger partial charge on any atom is -0.456 e. The Kier molecular flexibility index (Phi) is 2.29. The summed E-state index contributed by atoms with van der Waals surface area (Å²) >= 11 is 0. The van der Waals surface area contributed by atoms with Crippen LogP contribution in [-0.2, 0) is 4.74 Å². The maximum atomic E-state index is 11.6. The SMILES string of the molecule is O=C1OCOc2ccc(-c3ccccc3)cc21. The minimum absolute atomic E-state index is 0.00346. The maximum absolute atomic E-state index is 11.6. The molecule has 1 aliphatic rings. The quantitative estimate of drug-likeness (QED) is 0.701. The van der Waals surface area contributed by atoms with Gasteiger partial charge in [0.05, 0.1) is 0 Å². The summed E-state index contributed by atoms with van der Waals surface area (Å²) in [7, 11) is 0.